The van der Waals surface area contributed by atoms with E-state index in [1.54, 1.807) is 0 Å². The van der Waals surface area contributed by atoms with E-state index in [1.807, 2.05) is 24.3 Å². The summed E-state index contributed by atoms with van der Waals surface area (Å²) in [4.78, 5) is 10.6. The highest BCUT2D eigenvalue weighted by atomic mass is 16.5. The first-order valence-electron chi connectivity index (χ1n) is 5.98. The smallest absolute Gasteiger partial charge is 0.220 e. The number of benzene rings is 1. The van der Waals surface area contributed by atoms with E-state index in [2.05, 4.69) is 5.32 Å². The third kappa shape index (κ3) is 4.07. The fraction of sp³-hybridized carbons (Fsp3) is 0.462. The van der Waals surface area contributed by atoms with Crippen LogP contribution in [-0.2, 0) is 11.3 Å². The lowest BCUT2D eigenvalue weighted by Crippen LogP contribution is -2.17. The predicted octanol–water partition coefficient (Wildman–Crippen LogP) is 1.19. The van der Waals surface area contributed by atoms with Crippen LogP contribution in [0.1, 0.15) is 24.8 Å². The number of carbonyl (C=O) groups excluding carboxylic acids is 1. The number of hydrogen-bond acceptors (Lipinski definition) is 3. The van der Waals surface area contributed by atoms with Crippen molar-refractivity contribution in [3.63, 3.8) is 0 Å². The van der Waals surface area contributed by atoms with Crippen LogP contribution >= 0.6 is 0 Å². The van der Waals surface area contributed by atoms with E-state index in [0.29, 0.717) is 12.6 Å². The molecule has 1 saturated carbocycles. The van der Waals surface area contributed by atoms with Gasteiger partial charge in [-0.05, 0) is 18.9 Å². The summed E-state index contributed by atoms with van der Waals surface area (Å²) in [6.07, 6.45) is 2.79. The molecule has 92 valence electrons. The second-order valence-corrected chi connectivity index (χ2v) is 4.33. The Balaban J connectivity index is 1.87. The molecule has 0 aromatic heterocycles. The van der Waals surface area contributed by atoms with Crippen molar-refractivity contribution >= 4 is 5.91 Å². The zero-order chi connectivity index (χ0) is 12.1. The van der Waals surface area contributed by atoms with Gasteiger partial charge < -0.3 is 15.8 Å². The van der Waals surface area contributed by atoms with Crippen LogP contribution in [0.2, 0.25) is 0 Å². The predicted molar refractivity (Wildman–Crippen MR) is 65.6 cm³/mol. The summed E-state index contributed by atoms with van der Waals surface area (Å²) in [5.41, 5.74) is 6.20. The minimum Gasteiger partial charge on any atom is -0.493 e. The maximum atomic E-state index is 10.6. The Labute approximate surface area is 101 Å². The van der Waals surface area contributed by atoms with Gasteiger partial charge in [0.25, 0.3) is 0 Å². The third-order valence-electron chi connectivity index (χ3n) is 2.74. The number of nitrogens with two attached hydrogens (primary N) is 1. The number of nitrogens with one attached hydrogen (secondary N) is 1. The van der Waals surface area contributed by atoms with E-state index in [0.717, 1.165) is 17.9 Å². The van der Waals surface area contributed by atoms with Crippen molar-refractivity contribution in [2.75, 3.05) is 6.61 Å². The molecule has 0 aliphatic heterocycles. The highest BCUT2D eigenvalue weighted by molar-refractivity contribution is 5.73. The van der Waals surface area contributed by atoms with Crippen molar-refractivity contribution < 1.29 is 9.53 Å². The van der Waals surface area contributed by atoms with Gasteiger partial charge in [0.05, 0.1) is 13.0 Å². The number of ether oxygens (including phenoxy) is 1. The van der Waals surface area contributed by atoms with Gasteiger partial charge in [0.15, 0.2) is 0 Å². The first-order chi connectivity index (χ1) is 8.25. The average Bonchev–Trinajstić information content (AvgIpc) is 3.11. The van der Waals surface area contributed by atoms with Crippen LogP contribution in [0.25, 0.3) is 0 Å². The van der Waals surface area contributed by atoms with Crippen LogP contribution in [0, 0.1) is 0 Å². The molecule has 0 spiro atoms. The normalized spacial score (nSPS) is 14.6. The van der Waals surface area contributed by atoms with Crippen LogP contribution in [0.3, 0.4) is 0 Å². The molecule has 0 unspecified atom stereocenters. The monoisotopic (exact) mass is 234 g/mol. The van der Waals surface area contributed by atoms with Crippen molar-refractivity contribution in [3.05, 3.63) is 29.8 Å². The molecule has 3 N–H and O–H groups in total. The lowest BCUT2D eigenvalue weighted by molar-refractivity contribution is -0.118. The molecular formula is C13H18N2O2. The Morgan fingerprint density at radius 3 is 2.88 bits per heavy atom. The number of primary amides is 1. The fourth-order valence-electron chi connectivity index (χ4n) is 1.59. The largest absolute Gasteiger partial charge is 0.493 e. The molecule has 0 radical (unpaired) electrons. The summed E-state index contributed by atoms with van der Waals surface area (Å²) in [5.74, 6) is 0.500. The van der Waals surface area contributed by atoms with Crippen LogP contribution in [0.15, 0.2) is 24.3 Å². The van der Waals surface area contributed by atoms with Crippen LogP contribution in [-0.4, -0.2) is 18.6 Å². The number of amides is 1. The fourth-order valence-corrected chi connectivity index (χ4v) is 1.59. The topological polar surface area (TPSA) is 64.4 Å². The van der Waals surface area contributed by atoms with Crippen molar-refractivity contribution in [2.24, 2.45) is 5.73 Å². The molecule has 1 aliphatic carbocycles. The van der Waals surface area contributed by atoms with E-state index in [-0.39, 0.29) is 12.3 Å². The van der Waals surface area contributed by atoms with E-state index in [4.69, 9.17) is 10.5 Å². The van der Waals surface area contributed by atoms with Crippen molar-refractivity contribution in [1.29, 1.82) is 0 Å². The van der Waals surface area contributed by atoms with Crippen LogP contribution in [0.5, 0.6) is 5.75 Å². The average molecular weight is 234 g/mol. The summed E-state index contributed by atoms with van der Waals surface area (Å²) < 4.78 is 5.56. The molecule has 1 aromatic rings. The molecule has 1 amide bonds. The van der Waals surface area contributed by atoms with E-state index in [9.17, 15) is 4.79 Å². The number of rotatable bonds is 7. The minimum absolute atomic E-state index is 0.254. The molecule has 1 aromatic carbocycles. The van der Waals surface area contributed by atoms with Crippen molar-refractivity contribution in [2.45, 2.75) is 31.8 Å². The molecule has 0 saturated heterocycles. The summed E-state index contributed by atoms with van der Waals surface area (Å²) in [5, 5.41) is 3.44. The number of hydrogen-bond donors (Lipinski definition) is 2. The maximum absolute atomic E-state index is 10.6. The molecular weight excluding hydrogens is 216 g/mol. The van der Waals surface area contributed by atoms with Gasteiger partial charge in [0.2, 0.25) is 5.91 Å². The zero-order valence-corrected chi connectivity index (χ0v) is 9.82. The van der Waals surface area contributed by atoms with Crippen molar-refractivity contribution in [3.8, 4) is 5.75 Å². The highest BCUT2D eigenvalue weighted by Gasteiger charge is 2.20. The minimum atomic E-state index is -0.335. The first kappa shape index (κ1) is 11.9. The number of para-hydroxylation sites is 1. The van der Waals surface area contributed by atoms with Gasteiger partial charge in [-0.15, -0.1) is 0 Å². The Hall–Kier alpha value is -1.55. The van der Waals surface area contributed by atoms with Crippen LogP contribution < -0.4 is 15.8 Å². The second-order valence-electron chi connectivity index (χ2n) is 4.33. The van der Waals surface area contributed by atoms with Crippen molar-refractivity contribution in [1.82, 2.24) is 5.32 Å². The van der Waals surface area contributed by atoms with Gasteiger partial charge in [-0.2, -0.15) is 0 Å². The number of carbonyl (C=O) groups is 1. The molecule has 0 heterocycles. The molecule has 4 nitrogen and oxygen atoms in total. The molecule has 0 atom stereocenters. The Bertz CT molecular complexity index is 389. The Kier molecular flexibility index (Phi) is 3.98. The maximum Gasteiger partial charge on any atom is 0.220 e. The van der Waals surface area contributed by atoms with E-state index >= 15 is 0 Å². The van der Waals surface area contributed by atoms with Gasteiger partial charge in [0, 0.05) is 18.2 Å². The molecule has 1 aliphatic rings. The van der Waals surface area contributed by atoms with Gasteiger partial charge in [-0.3, -0.25) is 4.79 Å². The van der Waals surface area contributed by atoms with Crippen LogP contribution in [0.4, 0.5) is 0 Å². The molecule has 17 heavy (non-hydrogen) atoms. The lowest BCUT2D eigenvalue weighted by Gasteiger charge is -2.11. The Morgan fingerprint density at radius 2 is 2.18 bits per heavy atom. The molecule has 1 fully saturated rings. The van der Waals surface area contributed by atoms with Gasteiger partial charge in [-0.1, -0.05) is 18.2 Å². The summed E-state index contributed by atoms with van der Waals surface area (Å²) in [6, 6.07) is 8.55. The highest BCUT2D eigenvalue weighted by Crippen LogP contribution is 2.22. The van der Waals surface area contributed by atoms with Gasteiger partial charge >= 0.3 is 0 Å². The third-order valence-corrected chi connectivity index (χ3v) is 2.74. The summed E-state index contributed by atoms with van der Waals surface area (Å²) in [7, 11) is 0. The van der Waals surface area contributed by atoms with E-state index < -0.39 is 0 Å². The summed E-state index contributed by atoms with van der Waals surface area (Å²) >= 11 is 0. The Morgan fingerprint density at radius 1 is 1.41 bits per heavy atom. The zero-order valence-electron chi connectivity index (χ0n) is 9.82. The SMILES string of the molecule is NC(=O)CCOc1ccccc1CNC1CC1. The quantitative estimate of drug-likeness (QED) is 0.745. The van der Waals surface area contributed by atoms with Gasteiger partial charge in [0.1, 0.15) is 5.75 Å². The van der Waals surface area contributed by atoms with E-state index in [1.165, 1.54) is 12.8 Å². The first-order valence-corrected chi connectivity index (χ1v) is 5.98. The lowest BCUT2D eigenvalue weighted by atomic mass is 10.2. The van der Waals surface area contributed by atoms with Gasteiger partial charge in [-0.25, -0.2) is 0 Å². The molecule has 0 bridgehead atoms. The standard InChI is InChI=1S/C13H18N2O2/c14-13(16)7-8-17-12-4-2-1-3-10(12)9-15-11-5-6-11/h1-4,11,15H,5-9H2,(H2,14,16). The summed E-state index contributed by atoms with van der Waals surface area (Å²) in [6.45, 7) is 1.16. The molecule has 4 heteroatoms. The molecule has 2 rings (SSSR count). The second kappa shape index (κ2) is 5.68.